The van der Waals surface area contributed by atoms with Crippen molar-refractivity contribution in [1.82, 2.24) is 13.7 Å². The fourth-order valence-electron chi connectivity index (χ4n) is 5.67. The molecule has 3 atom stereocenters. The van der Waals surface area contributed by atoms with Gasteiger partial charge >= 0.3 is 5.69 Å². The van der Waals surface area contributed by atoms with Crippen LogP contribution in [-0.4, -0.2) is 20.8 Å². The predicted octanol–water partition coefficient (Wildman–Crippen LogP) is 2.98. The molecule has 32 heavy (non-hydrogen) atoms. The first-order valence-corrected chi connectivity index (χ1v) is 10.8. The fourth-order valence-corrected chi connectivity index (χ4v) is 5.67. The number of aryl methyl sites for hydroxylation is 1. The molecule has 2 aliphatic heterocycles. The Morgan fingerprint density at radius 2 is 1.78 bits per heavy atom. The molecule has 4 aromatic rings. The summed E-state index contributed by atoms with van der Waals surface area (Å²) in [5.74, 6) is 1.22. The van der Waals surface area contributed by atoms with Gasteiger partial charge in [-0.25, -0.2) is 4.79 Å². The molecule has 162 valence electrons. The second-order valence-corrected chi connectivity index (χ2v) is 8.75. The third kappa shape index (κ3) is 2.42. The van der Waals surface area contributed by atoms with Crippen molar-refractivity contribution in [1.29, 1.82) is 0 Å². The topological polar surface area (TPSA) is 70.2 Å². The van der Waals surface area contributed by atoms with Crippen molar-refractivity contribution in [3.05, 3.63) is 92.3 Å². The van der Waals surface area contributed by atoms with Crippen LogP contribution in [0.1, 0.15) is 28.8 Å². The highest BCUT2D eigenvalue weighted by Gasteiger charge is 2.44. The van der Waals surface area contributed by atoms with Crippen molar-refractivity contribution >= 4 is 16.7 Å². The summed E-state index contributed by atoms with van der Waals surface area (Å²) >= 11 is 0. The second kappa shape index (κ2) is 6.63. The zero-order valence-electron chi connectivity index (χ0n) is 18.2. The molecule has 0 fully saturated rings. The molecule has 0 saturated heterocycles. The maximum absolute atomic E-state index is 12.8. The highest BCUT2D eigenvalue weighted by Crippen LogP contribution is 2.52. The Hall–Kier alpha value is -3.74. The molecule has 2 aliphatic rings. The normalized spacial score (nSPS) is 21.0. The summed E-state index contributed by atoms with van der Waals surface area (Å²) in [5, 5.41) is 4.31. The summed E-state index contributed by atoms with van der Waals surface area (Å²) in [6.45, 7) is 0.715. The molecule has 7 heteroatoms. The Kier molecular flexibility index (Phi) is 3.93. The van der Waals surface area contributed by atoms with Crippen molar-refractivity contribution in [2.75, 3.05) is 12.4 Å². The summed E-state index contributed by atoms with van der Waals surface area (Å²) in [5.41, 5.74) is 4.71. The first kappa shape index (κ1) is 19.0. The van der Waals surface area contributed by atoms with E-state index in [-0.39, 0.29) is 29.1 Å². The van der Waals surface area contributed by atoms with Crippen LogP contribution in [-0.2, 0) is 20.6 Å². The van der Waals surface area contributed by atoms with E-state index < -0.39 is 0 Å². The van der Waals surface area contributed by atoms with Gasteiger partial charge < -0.3 is 14.6 Å². The lowest BCUT2D eigenvalue weighted by molar-refractivity contribution is 0.393. The van der Waals surface area contributed by atoms with Gasteiger partial charge in [0.05, 0.1) is 18.5 Å². The Morgan fingerprint density at radius 1 is 1.00 bits per heavy atom. The number of rotatable bonds is 2. The first-order valence-electron chi connectivity index (χ1n) is 10.8. The van der Waals surface area contributed by atoms with Crippen molar-refractivity contribution in [3.8, 4) is 5.75 Å². The Labute approximate surface area is 184 Å². The molecule has 0 radical (unpaired) electrons. The zero-order valence-corrected chi connectivity index (χ0v) is 18.2. The van der Waals surface area contributed by atoms with Gasteiger partial charge in [-0.05, 0) is 35.4 Å². The highest BCUT2D eigenvalue weighted by atomic mass is 16.5. The SMILES string of the molecule is COc1ccc2c(c1)C(c1ccccc1)[C@@H]1Cn3c(cc4c(=O)n(C)c(=O)n(C)c43)[C@@H]1N2. The average Bonchev–Trinajstić information content (AvgIpc) is 3.36. The number of methoxy groups -OCH3 is 1. The fraction of sp³-hybridized carbons (Fsp3) is 0.280. The van der Waals surface area contributed by atoms with Crippen molar-refractivity contribution in [2.24, 2.45) is 20.0 Å². The molecule has 2 aromatic carbocycles. The van der Waals surface area contributed by atoms with Crippen LogP contribution in [0.5, 0.6) is 5.75 Å². The van der Waals surface area contributed by atoms with Gasteiger partial charge in [-0.2, -0.15) is 0 Å². The van der Waals surface area contributed by atoms with Crippen LogP contribution in [0.15, 0.2) is 64.2 Å². The van der Waals surface area contributed by atoms with Crippen LogP contribution in [0.2, 0.25) is 0 Å². The van der Waals surface area contributed by atoms with Gasteiger partial charge in [0.15, 0.2) is 0 Å². The van der Waals surface area contributed by atoms with Gasteiger partial charge in [0.2, 0.25) is 0 Å². The summed E-state index contributed by atoms with van der Waals surface area (Å²) in [4.78, 5) is 25.5. The van der Waals surface area contributed by atoms with Gasteiger partial charge in [0.1, 0.15) is 11.4 Å². The maximum atomic E-state index is 12.8. The molecular weight excluding hydrogens is 404 g/mol. The Morgan fingerprint density at radius 3 is 2.53 bits per heavy atom. The van der Waals surface area contributed by atoms with Crippen LogP contribution in [0, 0.1) is 5.92 Å². The Balaban J connectivity index is 1.59. The molecule has 1 N–H and O–H groups in total. The highest BCUT2D eigenvalue weighted by molar-refractivity contribution is 5.78. The van der Waals surface area contributed by atoms with Crippen LogP contribution in [0.3, 0.4) is 0 Å². The molecule has 1 unspecified atom stereocenters. The van der Waals surface area contributed by atoms with Gasteiger partial charge in [0.25, 0.3) is 5.56 Å². The summed E-state index contributed by atoms with van der Waals surface area (Å²) < 4.78 is 10.4. The van der Waals surface area contributed by atoms with E-state index in [1.54, 1.807) is 18.7 Å². The van der Waals surface area contributed by atoms with E-state index >= 15 is 0 Å². The van der Waals surface area contributed by atoms with E-state index in [1.807, 2.05) is 18.2 Å². The number of hydrogen-bond acceptors (Lipinski definition) is 4. The first-order chi connectivity index (χ1) is 15.5. The molecule has 2 aromatic heterocycles. The smallest absolute Gasteiger partial charge is 0.332 e. The second-order valence-electron chi connectivity index (χ2n) is 8.75. The van der Waals surface area contributed by atoms with Crippen LogP contribution >= 0.6 is 0 Å². The molecule has 4 heterocycles. The van der Waals surface area contributed by atoms with Gasteiger partial charge in [-0.1, -0.05) is 30.3 Å². The van der Waals surface area contributed by atoms with E-state index in [0.29, 0.717) is 17.6 Å². The molecule has 0 spiro atoms. The lowest BCUT2D eigenvalue weighted by Gasteiger charge is -2.37. The average molecular weight is 428 g/mol. The van der Waals surface area contributed by atoms with Crippen molar-refractivity contribution < 1.29 is 4.74 Å². The van der Waals surface area contributed by atoms with Crippen molar-refractivity contribution in [2.45, 2.75) is 18.5 Å². The van der Waals surface area contributed by atoms with Gasteiger partial charge in [-0.15, -0.1) is 0 Å². The molecule has 0 aliphatic carbocycles. The number of hydrogen-bond donors (Lipinski definition) is 1. The standard InChI is InChI=1S/C25H24N4O3/c1-27-23-17(24(30)28(2)25(27)31)12-20-22-18(13-29(20)23)21(14-7-5-4-6-8-14)16-11-15(32-3)9-10-19(16)26-22/h4-12,18,21-22,26H,13H2,1-3H3/t18-,21?,22+/m0/s1. The summed E-state index contributed by atoms with van der Waals surface area (Å²) in [6.07, 6.45) is 0. The number of nitrogens with one attached hydrogen (secondary N) is 1. The molecular formula is C25H24N4O3. The Bertz CT molecular complexity index is 1500. The third-order valence-electron chi connectivity index (χ3n) is 7.16. The summed E-state index contributed by atoms with van der Waals surface area (Å²) in [7, 11) is 4.96. The predicted molar refractivity (Wildman–Crippen MR) is 124 cm³/mol. The van der Waals surface area contributed by atoms with Crippen LogP contribution in [0.4, 0.5) is 5.69 Å². The summed E-state index contributed by atoms with van der Waals surface area (Å²) in [6, 6.07) is 18.7. The minimum atomic E-state index is -0.307. The lowest BCUT2D eigenvalue weighted by atomic mass is 9.74. The number of fused-ring (bicyclic) bond motifs is 6. The van der Waals surface area contributed by atoms with E-state index in [2.05, 4.69) is 46.3 Å². The van der Waals surface area contributed by atoms with E-state index in [1.165, 1.54) is 22.7 Å². The molecule has 0 saturated carbocycles. The van der Waals surface area contributed by atoms with Gasteiger partial charge in [0, 0.05) is 43.9 Å². The van der Waals surface area contributed by atoms with Crippen molar-refractivity contribution in [3.63, 3.8) is 0 Å². The molecule has 0 amide bonds. The minimum absolute atomic E-state index is 0.0355. The number of benzene rings is 2. The van der Waals surface area contributed by atoms with E-state index in [4.69, 9.17) is 4.74 Å². The van der Waals surface area contributed by atoms with Gasteiger partial charge in [-0.3, -0.25) is 13.9 Å². The quantitative estimate of drug-likeness (QED) is 0.533. The third-order valence-corrected chi connectivity index (χ3v) is 7.16. The lowest BCUT2D eigenvalue weighted by Crippen LogP contribution is -2.37. The van der Waals surface area contributed by atoms with E-state index in [9.17, 15) is 9.59 Å². The number of nitrogens with zero attached hydrogens (tertiary/aromatic N) is 3. The molecule has 7 nitrogen and oxygen atoms in total. The van der Waals surface area contributed by atoms with E-state index in [0.717, 1.165) is 17.1 Å². The number of anilines is 1. The maximum Gasteiger partial charge on any atom is 0.332 e. The van der Waals surface area contributed by atoms with Crippen LogP contribution in [0.25, 0.3) is 11.0 Å². The minimum Gasteiger partial charge on any atom is -0.497 e. The number of aromatic nitrogens is 3. The largest absolute Gasteiger partial charge is 0.497 e. The molecule has 6 rings (SSSR count). The van der Waals surface area contributed by atoms with Crippen LogP contribution < -0.4 is 21.3 Å². The molecule has 0 bridgehead atoms. The monoisotopic (exact) mass is 428 g/mol. The zero-order chi connectivity index (χ0) is 22.1. The number of ether oxygens (including phenoxy) is 1.